The predicted octanol–water partition coefficient (Wildman–Crippen LogP) is 5.22. The Morgan fingerprint density at radius 1 is 1.00 bits per heavy atom. The first-order chi connectivity index (χ1) is 20.1. The van der Waals surface area contributed by atoms with Gasteiger partial charge in [-0.1, -0.05) is 39.0 Å². The molecule has 2 aromatic carbocycles. The van der Waals surface area contributed by atoms with E-state index >= 15 is 0 Å². The number of para-hydroxylation sites is 1. The summed E-state index contributed by atoms with van der Waals surface area (Å²) < 4.78 is 7.95. The molecule has 0 bridgehead atoms. The number of rotatable bonds is 8. The van der Waals surface area contributed by atoms with Gasteiger partial charge in [-0.25, -0.2) is 0 Å². The van der Waals surface area contributed by atoms with Crippen LogP contribution in [0.25, 0.3) is 0 Å². The van der Waals surface area contributed by atoms with Crippen LogP contribution in [0.3, 0.4) is 0 Å². The van der Waals surface area contributed by atoms with Crippen LogP contribution in [-0.2, 0) is 24.8 Å². The predicted molar refractivity (Wildman–Crippen MR) is 166 cm³/mol. The zero-order valence-corrected chi connectivity index (χ0v) is 25.9. The Kier molecular flexibility index (Phi) is 9.02. The van der Waals surface area contributed by atoms with Crippen molar-refractivity contribution >= 4 is 17.5 Å². The van der Waals surface area contributed by atoms with Crippen molar-refractivity contribution in [2.75, 3.05) is 44.2 Å². The van der Waals surface area contributed by atoms with Crippen molar-refractivity contribution in [1.29, 1.82) is 0 Å². The molecule has 8 heteroatoms. The molecule has 0 N–H and O–H groups in total. The van der Waals surface area contributed by atoms with Crippen LogP contribution in [0, 0.1) is 12.3 Å². The van der Waals surface area contributed by atoms with E-state index in [0.29, 0.717) is 37.0 Å². The van der Waals surface area contributed by atoms with Crippen molar-refractivity contribution < 1.29 is 14.3 Å². The second-order valence-corrected chi connectivity index (χ2v) is 12.9. The average Bonchev–Trinajstić information content (AvgIpc) is 3.21. The quantitative estimate of drug-likeness (QED) is 0.347. The van der Waals surface area contributed by atoms with Crippen LogP contribution in [0.1, 0.15) is 72.8 Å². The Labute approximate surface area is 250 Å². The third kappa shape index (κ3) is 7.04. The summed E-state index contributed by atoms with van der Waals surface area (Å²) in [6.45, 7) is 14.4. The third-order valence-corrected chi connectivity index (χ3v) is 8.48. The second kappa shape index (κ2) is 12.7. The number of amides is 2. The summed E-state index contributed by atoms with van der Waals surface area (Å²) >= 11 is 0. The lowest BCUT2D eigenvalue weighted by molar-refractivity contribution is -0.133. The Morgan fingerprint density at radius 2 is 1.76 bits per heavy atom. The van der Waals surface area contributed by atoms with Crippen LogP contribution in [-0.4, -0.2) is 70.7 Å². The highest BCUT2D eigenvalue weighted by Crippen LogP contribution is 2.32. The molecule has 8 nitrogen and oxygen atoms in total. The maximum atomic E-state index is 13.8. The van der Waals surface area contributed by atoms with E-state index in [-0.39, 0.29) is 11.8 Å². The number of piperazine rings is 1. The SMILES string of the molecule is Cc1cc(C(=O)N2Cc3cnn(C)c3Cc3ccccc32)ccc1OCCCC(=O)N1CCN(CCC(C)(C)C)CC1. The van der Waals surface area contributed by atoms with Gasteiger partial charge in [-0.2, -0.15) is 5.10 Å². The molecule has 2 amide bonds. The van der Waals surface area contributed by atoms with E-state index < -0.39 is 0 Å². The van der Waals surface area contributed by atoms with Crippen LogP contribution in [0.2, 0.25) is 0 Å². The van der Waals surface area contributed by atoms with Crippen molar-refractivity contribution in [2.24, 2.45) is 12.5 Å². The summed E-state index contributed by atoms with van der Waals surface area (Å²) in [6, 6.07) is 13.7. The van der Waals surface area contributed by atoms with E-state index in [1.54, 1.807) is 0 Å². The molecule has 0 atom stereocenters. The van der Waals surface area contributed by atoms with Gasteiger partial charge in [-0.3, -0.25) is 19.2 Å². The van der Waals surface area contributed by atoms with E-state index in [4.69, 9.17) is 4.74 Å². The fraction of sp³-hybridized carbons (Fsp3) is 0.500. The van der Waals surface area contributed by atoms with Crippen LogP contribution in [0.4, 0.5) is 5.69 Å². The molecular weight excluding hydrogens is 526 g/mol. The number of aromatic nitrogens is 2. The van der Waals surface area contributed by atoms with Crippen molar-refractivity contribution in [1.82, 2.24) is 19.6 Å². The number of ether oxygens (including phenoxy) is 1. The molecule has 0 spiro atoms. The molecule has 0 radical (unpaired) electrons. The van der Waals surface area contributed by atoms with E-state index in [1.807, 2.05) is 71.0 Å². The molecule has 224 valence electrons. The first-order valence-electron chi connectivity index (χ1n) is 15.2. The maximum Gasteiger partial charge on any atom is 0.258 e. The van der Waals surface area contributed by atoms with Gasteiger partial charge in [0.1, 0.15) is 5.75 Å². The average molecular weight is 572 g/mol. The number of aryl methyl sites for hydroxylation is 2. The first kappa shape index (κ1) is 29.8. The molecule has 2 aliphatic heterocycles. The summed E-state index contributed by atoms with van der Waals surface area (Å²) in [7, 11) is 1.95. The smallest absolute Gasteiger partial charge is 0.258 e. The highest BCUT2D eigenvalue weighted by molar-refractivity contribution is 6.06. The first-order valence-corrected chi connectivity index (χ1v) is 15.2. The molecule has 2 aliphatic rings. The van der Waals surface area contributed by atoms with Gasteiger partial charge in [0, 0.05) is 68.6 Å². The van der Waals surface area contributed by atoms with Crippen molar-refractivity contribution in [3.8, 4) is 5.75 Å². The van der Waals surface area contributed by atoms with Gasteiger partial charge in [0.2, 0.25) is 5.91 Å². The van der Waals surface area contributed by atoms with Crippen LogP contribution in [0.5, 0.6) is 5.75 Å². The number of benzene rings is 2. The van der Waals surface area contributed by atoms with E-state index in [0.717, 1.165) is 73.0 Å². The van der Waals surface area contributed by atoms with Crippen molar-refractivity contribution in [2.45, 2.75) is 59.9 Å². The van der Waals surface area contributed by atoms with Crippen molar-refractivity contribution in [3.63, 3.8) is 0 Å². The third-order valence-electron chi connectivity index (χ3n) is 8.48. The topological polar surface area (TPSA) is 70.9 Å². The second-order valence-electron chi connectivity index (χ2n) is 12.9. The molecule has 1 aromatic heterocycles. The van der Waals surface area contributed by atoms with Gasteiger partial charge in [0.25, 0.3) is 5.91 Å². The summed E-state index contributed by atoms with van der Waals surface area (Å²) in [5, 5.41) is 4.43. The van der Waals surface area contributed by atoms with Gasteiger partial charge >= 0.3 is 0 Å². The highest BCUT2D eigenvalue weighted by atomic mass is 16.5. The van der Waals surface area contributed by atoms with E-state index in [9.17, 15) is 9.59 Å². The number of carbonyl (C=O) groups excluding carboxylic acids is 2. The van der Waals surface area contributed by atoms with Gasteiger partial charge < -0.3 is 14.5 Å². The number of carbonyl (C=O) groups is 2. The number of anilines is 1. The fourth-order valence-corrected chi connectivity index (χ4v) is 5.79. The molecule has 0 aliphatic carbocycles. The minimum Gasteiger partial charge on any atom is -0.493 e. The largest absolute Gasteiger partial charge is 0.493 e. The molecule has 1 fully saturated rings. The van der Waals surface area contributed by atoms with Gasteiger partial charge in [-0.15, -0.1) is 0 Å². The maximum absolute atomic E-state index is 13.8. The van der Waals surface area contributed by atoms with Gasteiger partial charge in [0.15, 0.2) is 0 Å². The standard InChI is InChI=1S/C34H45N5O3/c1-25-21-27(33(41)39-24-28-23-35-36(5)30(28)22-26-9-6-7-10-29(26)39)12-13-31(25)42-20-8-11-32(40)38-18-16-37(17-19-38)15-14-34(2,3)4/h6-7,9-10,12-13,21,23H,8,11,14-20,22,24H2,1-5H3. The molecule has 0 unspecified atom stereocenters. The van der Waals surface area contributed by atoms with Crippen LogP contribution in [0.15, 0.2) is 48.7 Å². The number of hydrogen-bond donors (Lipinski definition) is 0. The summed E-state index contributed by atoms with van der Waals surface area (Å²) in [5.74, 6) is 0.913. The molecule has 42 heavy (non-hydrogen) atoms. The number of fused-ring (bicyclic) bond motifs is 2. The lowest BCUT2D eigenvalue weighted by Crippen LogP contribution is -2.49. The molecule has 0 saturated carbocycles. The van der Waals surface area contributed by atoms with Gasteiger partial charge in [0.05, 0.1) is 19.3 Å². The summed E-state index contributed by atoms with van der Waals surface area (Å²) in [5.41, 5.74) is 6.12. The van der Waals surface area contributed by atoms with E-state index in [2.05, 4.69) is 36.8 Å². The lowest BCUT2D eigenvalue weighted by atomic mass is 9.92. The molecule has 5 rings (SSSR count). The zero-order valence-electron chi connectivity index (χ0n) is 25.9. The lowest BCUT2D eigenvalue weighted by Gasteiger charge is -2.36. The Bertz CT molecular complexity index is 1410. The zero-order chi connectivity index (χ0) is 29.9. The van der Waals surface area contributed by atoms with Crippen molar-refractivity contribution in [3.05, 3.63) is 76.6 Å². The summed E-state index contributed by atoms with van der Waals surface area (Å²) in [6.07, 6.45) is 4.94. The van der Waals surface area contributed by atoms with E-state index in [1.165, 1.54) is 6.42 Å². The Hall–Kier alpha value is -3.65. The Balaban J connectivity index is 1.13. The highest BCUT2D eigenvalue weighted by Gasteiger charge is 2.27. The molecule has 1 saturated heterocycles. The molecular formula is C34H45N5O3. The Morgan fingerprint density at radius 3 is 2.50 bits per heavy atom. The monoisotopic (exact) mass is 571 g/mol. The molecule has 3 heterocycles. The number of nitrogens with zero attached hydrogens (tertiary/aromatic N) is 5. The number of hydrogen-bond acceptors (Lipinski definition) is 5. The minimum atomic E-state index is -0.0436. The minimum absolute atomic E-state index is 0.0436. The normalized spacial score (nSPS) is 15.6. The fourth-order valence-electron chi connectivity index (χ4n) is 5.79. The van der Waals surface area contributed by atoms with Crippen LogP contribution < -0.4 is 9.64 Å². The van der Waals surface area contributed by atoms with Crippen LogP contribution >= 0.6 is 0 Å². The molecule has 3 aromatic rings. The van der Waals surface area contributed by atoms with Gasteiger partial charge in [-0.05, 0) is 67.1 Å². The summed E-state index contributed by atoms with van der Waals surface area (Å²) in [4.78, 5) is 32.9.